The molecule has 1 unspecified atom stereocenters. The lowest BCUT2D eigenvalue weighted by Crippen LogP contribution is -2.20. The number of aliphatic hydroxyl groups is 1. The first-order valence-electron chi connectivity index (χ1n) is 6.60. The van der Waals surface area contributed by atoms with Gasteiger partial charge in [-0.1, -0.05) is 32.0 Å². The quantitative estimate of drug-likeness (QED) is 0.861. The highest BCUT2D eigenvalue weighted by Gasteiger charge is 2.63. The second-order valence-electron chi connectivity index (χ2n) is 6.34. The standard InChI is InChI=1S/C16H21NO/c1-11-14(16(10-18)9-15(16,2)3)12-7-5-6-8-13(12)17(11)4/h5-8,18H,9-10H2,1-4H3. The van der Waals surface area contributed by atoms with Crippen LogP contribution in [0.3, 0.4) is 0 Å². The zero-order valence-electron chi connectivity index (χ0n) is 11.6. The van der Waals surface area contributed by atoms with Gasteiger partial charge in [0.15, 0.2) is 0 Å². The van der Waals surface area contributed by atoms with Crippen LogP contribution >= 0.6 is 0 Å². The van der Waals surface area contributed by atoms with Gasteiger partial charge in [0.1, 0.15) is 0 Å². The summed E-state index contributed by atoms with van der Waals surface area (Å²) in [6, 6.07) is 8.51. The lowest BCUT2D eigenvalue weighted by atomic mass is 9.86. The molecule has 1 saturated carbocycles. The molecule has 1 aliphatic carbocycles. The Morgan fingerprint density at radius 2 is 1.89 bits per heavy atom. The second-order valence-corrected chi connectivity index (χ2v) is 6.34. The van der Waals surface area contributed by atoms with E-state index in [1.165, 1.54) is 22.2 Å². The fourth-order valence-corrected chi connectivity index (χ4v) is 3.61. The topological polar surface area (TPSA) is 25.2 Å². The number of aromatic nitrogens is 1. The summed E-state index contributed by atoms with van der Waals surface area (Å²) in [5.74, 6) is 0. The number of para-hydroxylation sites is 1. The van der Waals surface area contributed by atoms with Crippen molar-refractivity contribution in [1.82, 2.24) is 4.57 Å². The Morgan fingerprint density at radius 1 is 1.28 bits per heavy atom. The van der Waals surface area contributed by atoms with Gasteiger partial charge < -0.3 is 9.67 Å². The average Bonchev–Trinajstić information content (AvgIpc) is 2.82. The van der Waals surface area contributed by atoms with Gasteiger partial charge >= 0.3 is 0 Å². The van der Waals surface area contributed by atoms with E-state index >= 15 is 0 Å². The molecule has 0 spiro atoms. The number of hydrogen-bond donors (Lipinski definition) is 1. The summed E-state index contributed by atoms with van der Waals surface area (Å²) in [7, 11) is 2.11. The highest BCUT2D eigenvalue weighted by molar-refractivity contribution is 5.87. The van der Waals surface area contributed by atoms with Gasteiger partial charge in [0.25, 0.3) is 0 Å². The summed E-state index contributed by atoms with van der Waals surface area (Å²) >= 11 is 0. The number of hydrogen-bond acceptors (Lipinski definition) is 1. The summed E-state index contributed by atoms with van der Waals surface area (Å²) in [5.41, 5.74) is 4.07. The van der Waals surface area contributed by atoms with Crippen LogP contribution in [0, 0.1) is 12.3 Å². The molecule has 1 aromatic carbocycles. The van der Waals surface area contributed by atoms with Gasteiger partial charge in [-0.05, 0) is 30.4 Å². The van der Waals surface area contributed by atoms with E-state index in [9.17, 15) is 5.11 Å². The van der Waals surface area contributed by atoms with Crippen molar-refractivity contribution >= 4 is 10.9 Å². The highest BCUT2D eigenvalue weighted by atomic mass is 16.3. The molecular weight excluding hydrogens is 222 g/mol. The van der Waals surface area contributed by atoms with Crippen molar-refractivity contribution in [2.75, 3.05) is 6.61 Å². The van der Waals surface area contributed by atoms with Crippen molar-refractivity contribution in [2.24, 2.45) is 12.5 Å². The van der Waals surface area contributed by atoms with Crippen LogP contribution in [-0.4, -0.2) is 16.3 Å². The summed E-state index contributed by atoms with van der Waals surface area (Å²) in [5, 5.41) is 11.2. The minimum Gasteiger partial charge on any atom is -0.395 e. The maximum absolute atomic E-state index is 9.93. The predicted octanol–water partition coefficient (Wildman–Crippen LogP) is 3.15. The molecule has 0 saturated heterocycles. The van der Waals surface area contributed by atoms with Gasteiger partial charge in [0, 0.05) is 29.1 Å². The average molecular weight is 243 g/mol. The monoisotopic (exact) mass is 243 g/mol. The Morgan fingerprint density at radius 3 is 2.44 bits per heavy atom. The van der Waals surface area contributed by atoms with E-state index in [1.54, 1.807) is 0 Å². The highest BCUT2D eigenvalue weighted by Crippen LogP contribution is 2.65. The molecule has 0 aliphatic heterocycles. The number of rotatable bonds is 2. The molecule has 1 heterocycles. The van der Waals surface area contributed by atoms with E-state index in [1.807, 2.05) is 0 Å². The molecule has 3 rings (SSSR count). The summed E-state index contributed by atoms with van der Waals surface area (Å²) in [4.78, 5) is 0. The van der Waals surface area contributed by atoms with Crippen molar-refractivity contribution in [3.63, 3.8) is 0 Å². The maximum atomic E-state index is 9.93. The van der Waals surface area contributed by atoms with Crippen LogP contribution in [-0.2, 0) is 12.5 Å². The molecular formula is C16H21NO. The van der Waals surface area contributed by atoms with Gasteiger partial charge in [-0.2, -0.15) is 0 Å². The Hall–Kier alpha value is -1.28. The molecule has 1 aromatic heterocycles. The molecule has 2 aromatic rings. The van der Waals surface area contributed by atoms with Gasteiger partial charge in [-0.15, -0.1) is 0 Å². The SMILES string of the molecule is Cc1c(C2(CO)CC2(C)C)c2ccccc2n1C. The van der Waals surface area contributed by atoms with Crippen molar-refractivity contribution < 1.29 is 5.11 Å². The number of fused-ring (bicyclic) bond motifs is 1. The van der Waals surface area contributed by atoms with Crippen LogP contribution in [0.1, 0.15) is 31.5 Å². The summed E-state index contributed by atoms with van der Waals surface area (Å²) in [6.07, 6.45) is 1.07. The van der Waals surface area contributed by atoms with E-state index in [4.69, 9.17) is 0 Å². The third-order valence-electron chi connectivity index (χ3n) is 5.06. The van der Waals surface area contributed by atoms with E-state index in [-0.39, 0.29) is 17.4 Å². The Labute approximate surface area is 108 Å². The number of benzene rings is 1. The predicted molar refractivity (Wildman–Crippen MR) is 74.8 cm³/mol. The van der Waals surface area contributed by atoms with Crippen molar-refractivity contribution in [3.8, 4) is 0 Å². The summed E-state index contributed by atoms with van der Waals surface area (Å²) in [6.45, 7) is 6.92. The van der Waals surface area contributed by atoms with Crippen LogP contribution in [0.5, 0.6) is 0 Å². The van der Waals surface area contributed by atoms with Crippen LogP contribution in [0.2, 0.25) is 0 Å². The summed E-state index contributed by atoms with van der Waals surface area (Å²) < 4.78 is 2.25. The smallest absolute Gasteiger partial charge is 0.0534 e. The van der Waals surface area contributed by atoms with Crippen molar-refractivity contribution in [2.45, 2.75) is 32.6 Å². The Balaban J connectivity index is 2.34. The molecule has 96 valence electrons. The molecule has 1 N–H and O–H groups in total. The molecule has 2 heteroatoms. The first-order valence-corrected chi connectivity index (χ1v) is 6.60. The first-order chi connectivity index (χ1) is 8.44. The second kappa shape index (κ2) is 3.39. The largest absolute Gasteiger partial charge is 0.395 e. The van der Waals surface area contributed by atoms with Crippen LogP contribution in [0.15, 0.2) is 24.3 Å². The van der Waals surface area contributed by atoms with Gasteiger partial charge in [-0.25, -0.2) is 0 Å². The fourth-order valence-electron chi connectivity index (χ4n) is 3.61. The lowest BCUT2D eigenvalue weighted by Gasteiger charge is -2.19. The number of aliphatic hydroxyl groups excluding tert-OH is 1. The van der Waals surface area contributed by atoms with Gasteiger partial charge in [-0.3, -0.25) is 0 Å². The molecule has 1 atom stereocenters. The van der Waals surface area contributed by atoms with E-state index in [0.717, 1.165) is 6.42 Å². The molecule has 0 amide bonds. The van der Waals surface area contributed by atoms with Crippen LogP contribution in [0.25, 0.3) is 10.9 Å². The third-order valence-corrected chi connectivity index (χ3v) is 5.06. The lowest BCUT2D eigenvalue weighted by molar-refractivity contribution is 0.231. The van der Waals surface area contributed by atoms with E-state index < -0.39 is 0 Å². The van der Waals surface area contributed by atoms with Gasteiger partial charge in [0.05, 0.1) is 6.61 Å². The minimum absolute atomic E-state index is 0.0437. The number of nitrogens with zero attached hydrogens (tertiary/aromatic N) is 1. The van der Waals surface area contributed by atoms with Crippen molar-refractivity contribution in [1.29, 1.82) is 0 Å². The maximum Gasteiger partial charge on any atom is 0.0534 e. The fraction of sp³-hybridized carbons (Fsp3) is 0.500. The van der Waals surface area contributed by atoms with Gasteiger partial charge in [0.2, 0.25) is 0 Å². The first kappa shape index (κ1) is 11.8. The zero-order chi connectivity index (χ0) is 13.1. The van der Waals surface area contributed by atoms with Crippen LogP contribution in [0.4, 0.5) is 0 Å². The van der Waals surface area contributed by atoms with Crippen molar-refractivity contribution in [3.05, 3.63) is 35.5 Å². The molecule has 0 radical (unpaired) electrons. The Kier molecular flexibility index (Phi) is 2.22. The normalized spacial score (nSPS) is 25.6. The molecule has 0 bridgehead atoms. The molecule has 18 heavy (non-hydrogen) atoms. The molecule has 2 nitrogen and oxygen atoms in total. The number of aryl methyl sites for hydroxylation is 1. The molecule has 1 aliphatic rings. The van der Waals surface area contributed by atoms with Crippen LogP contribution < -0.4 is 0 Å². The minimum atomic E-state index is -0.0437. The Bertz CT molecular complexity index is 623. The van der Waals surface area contributed by atoms with E-state index in [2.05, 4.69) is 56.7 Å². The zero-order valence-corrected chi connectivity index (χ0v) is 11.6. The van der Waals surface area contributed by atoms with E-state index in [0.29, 0.717) is 0 Å². The third kappa shape index (κ3) is 1.22. The molecule has 1 fully saturated rings.